The van der Waals surface area contributed by atoms with E-state index in [0.717, 1.165) is 13.1 Å². The largest absolute Gasteiger partial charge is 0.292 e. The van der Waals surface area contributed by atoms with Gasteiger partial charge in [-0.25, -0.2) is 0 Å². The van der Waals surface area contributed by atoms with Gasteiger partial charge in [-0.15, -0.1) is 0 Å². The monoisotopic (exact) mass is 142 g/mol. The molecule has 0 heterocycles. The van der Waals surface area contributed by atoms with E-state index >= 15 is 0 Å². The molecule has 0 aromatic carbocycles. The summed E-state index contributed by atoms with van der Waals surface area (Å²) in [5.74, 6) is 0. The summed E-state index contributed by atoms with van der Waals surface area (Å²) in [6.07, 6.45) is 2.02. The van der Waals surface area contributed by atoms with Gasteiger partial charge in [-0.05, 0) is 26.9 Å². The first-order valence-corrected chi connectivity index (χ1v) is 3.72. The predicted octanol–water partition coefficient (Wildman–Crippen LogP) is 1.22. The Morgan fingerprint density at radius 3 is 1.80 bits per heavy atom. The van der Waals surface area contributed by atoms with Gasteiger partial charge in [-0.2, -0.15) is 0 Å². The molecule has 0 saturated carbocycles. The molecular weight excluding hydrogens is 126 g/mol. The van der Waals surface area contributed by atoms with Gasteiger partial charge in [0.1, 0.15) is 0 Å². The first-order chi connectivity index (χ1) is 4.58. The number of likely N-dealkylation sites (N-methyl/N-ethyl adjacent to an activating group) is 1. The molecule has 0 unspecified atom stereocenters. The van der Waals surface area contributed by atoms with Crippen molar-refractivity contribution < 1.29 is 4.79 Å². The molecule has 0 aliphatic carbocycles. The molecule has 0 aliphatic rings. The van der Waals surface area contributed by atoms with Crippen LogP contribution in [0.15, 0.2) is 0 Å². The van der Waals surface area contributed by atoms with E-state index in [0.29, 0.717) is 0 Å². The summed E-state index contributed by atoms with van der Waals surface area (Å²) in [5, 5.41) is 0. The first-order valence-electron chi connectivity index (χ1n) is 3.72. The molecule has 0 rings (SSSR count). The molecule has 0 atom stereocenters. The third kappa shape index (κ3) is 2.10. The van der Waals surface area contributed by atoms with Gasteiger partial charge in [-0.1, -0.05) is 13.8 Å². The van der Waals surface area contributed by atoms with Crippen molar-refractivity contribution in [3.63, 3.8) is 0 Å². The lowest BCUT2D eigenvalue weighted by Gasteiger charge is -2.30. The molecule has 2 nitrogen and oxygen atoms in total. The Bertz CT molecular complexity index is 106. The van der Waals surface area contributed by atoms with Crippen LogP contribution >= 0.6 is 0 Å². The standard InChI is InChI=1S/C8H16NO/c1-5-9(6-2)8(3,4)7-10/h5-6H2,1-4H3. The number of hydrogen-bond donors (Lipinski definition) is 0. The number of carbonyl (C=O) groups excluding carboxylic acids is 1. The lowest BCUT2D eigenvalue weighted by molar-refractivity contribution is 0.192. The molecule has 0 bridgehead atoms. The highest BCUT2D eigenvalue weighted by Crippen LogP contribution is 2.09. The number of nitrogens with zero attached hydrogens (tertiary/aromatic N) is 1. The molecule has 0 N–H and O–H groups in total. The smallest absolute Gasteiger partial charge is 0.219 e. The summed E-state index contributed by atoms with van der Waals surface area (Å²) in [6.45, 7) is 9.66. The minimum absolute atomic E-state index is 0.413. The molecule has 59 valence electrons. The second-order valence-electron chi connectivity index (χ2n) is 2.83. The van der Waals surface area contributed by atoms with Crippen molar-refractivity contribution in [3.05, 3.63) is 0 Å². The maximum atomic E-state index is 10.4. The highest BCUT2D eigenvalue weighted by Gasteiger charge is 2.23. The molecule has 0 aliphatic heterocycles. The predicted molar refractivity (Wildman–Crippen MR) is 42.7 cm³/mol. The average molecular weight is 142 g/mol. The van der Waals surface area contributed by atoms with Crippen molar-refractivity contribution in [2.45, 2.75) is 33.2 Å². The van der Waals surface area contributed by atoms with Gasteiger partial charge >= 0.3 is 0 Å². The second-order valence-corrected chi connectivity index (χ2v) is 2.83. The molecule has 0 saturated heterocycles. The highest BCUT2D eigenvalue weighted by molar-refractivity contribution is 5.63. The Kier molecular flexibility index (Phi) is 3.58. The summed E-state index contributed by atoms with van der Waals surface area (Å²) in [4.78, 5) is 12.5. The van der Waals surface area contributed by atoms with Crippen LogP contribution in [0.25, 0.3) is 0 Å². The summed E-state index contributed by atoms with van der Waals surface area (Å²) in [5.41, 5.74) is -0.413. The van der Waals surface area contributed by atoms with Gasteiger partial charge in [0.25, 0.3) is 0 Å². The zero-order valence-electron chi connectivity index (χ0n) is 7.27. The van der Waals surface area contributed by atoms with Crippen LogP contribution in [0.4, 0.5) is 0 Å². The van der Waals surface area contributed by atoms with E-state index in [-0.39, 0.29) is 0 Å². The zero-order valence-corrected chi connectivity index (χ0v) is 7.27. The van der Waals surface area contributed by atoms with Crippen LogP contribution in [0.5, 0.6) is 0 Å². The lowest BCUT2D eigenvalue weighted by Crippen LogP contribution is -2.44. The molecule has 2 heteroatoms. The lowest BCUT2D eigenvalue weighted by atomic mass is 10.1. The molecular formula is C8H16NO. The van der Waals surface area contributed by atoms with E-state index in [2.05, 4.69) is 4.90 Å². The van der Waals surface area contributed by atoms with Crippen molar-refractivity contribution in [2.75, 3.05) is 13.1 Å². The van der Waals surface area contributed by atoms with Crippen LogP contribution in [-0.2, 0) is 4.79 Å². The van der Waals surface area contributed by atoms with E-state index < -0.39 is 5.54 Å². The topological polar surface area (TPSA) is 20.3 Å². The Labute approximate surface area is 63.2 Å². The average Bonchev–Trinajstić information content (AvgIpc) is 1.90. The second kappa shape index (κ2) is 3.71. The molecule has 0 fully saturated rings. The van der Waals surface area contributed by atoms with E-state index in [9.17, 15) is 4.79 Å². The Morgan fingerprint density at radius 2 is 1.70 bits per heavy atom. The van der Waals surface area contributed by atoms with Gasteiger partial charge in [0.05, 0.1) is 5.54 Å². The third-order valence-corrected chi connectivity index (χ3v) is 1.80. The fourth-order valence-electron chi connectivity index (χ4n) is 1.08. The van der Waals surface area contributed by atoms with Crippen LogP contribution in [0.3, 0.4) is 0 Å². The third-order valence-electron chi connectivity index (χ3n) is 1.80. The first kappa shape index (κ1) is 9.63. The Balaban J connectivity index is 4.10. The Hall–Kier alpha value is -0.370. The van der Waals surface area contributed by atoms with Gasteiger partial charge in [0.15, 0.2) is 0 Å². The fourth-order valence-corrected chi connectivity index (χ4v) is 1.08. The van der Waals surface area contributed by atoms with E-state index in [1.54, 1.807) is 0 Å². The minimum atomic E-state index is -0.413. The molecule has 10 heavy (non-hydrogen) atoms. The van der Waals surface area contributed by atoms with Crippen LogP contribution in [0, 0.1) is 0 Å². The maximum Gasteiger partial charge on any atom is 0.219 e. The SMILES string of the molecule is CCN(CC)C(C)(C)[C]=O. The van der Waals surface area contributed by atoms with Crippen molar-refractivity contribution in [2.24, 2.45) is 0 Å². The van der Waals surface area contributed by atoms with Gasteiger partial charge in [-0.3, -0.25) is 9.69 Å². The molecule has 0 aromatic rings. The molecule has 0 spiro atoms. The summed E-state index contributed by atoms with van der Waals surface area (Å²) < 4.78 is 0. The Morgan fingerprint density at radius 1 is 1.30 bits per heavy atom. The highest BCUT2D eigenvalue weighted by atomic mass is 16.1. The van der Waals surface area contributed by atoms with Crippen LogP contribution in [0.1, 0.15) is 27.7 Å². The van der Waals surface area contributed by atoms with Crippen LogP contribution in [0.2, 0.25) is 0 Å². The summed E-state index contributed by atoms with van der Waals surface area (Å²) in [6, 6.07) is 0. The van der Waals surface area contributed by atoms with Crippen molar-refractivity contribution in [1.82, 2.24) is 4.90 Å². The maximum absolute atomic E-state index is 10.4. The van der Waals surface area contributed by atoms with E-state index in [4.69, 9.17) is 0 Å². The molecule has 0 aromatic heterocycles. The van der Waals surface area contributed by atoms with Gasteiger partial charge < -0.3 is 0 Å². The van der Waals surface area contributed by atoms with E-state index in [1.807, 2.05) is 34.0 Å². The number of rotatable bonds is 4. The molecule has 1 radical (unpaired) electrons. The van der Waals surface area contributed by atoms with Crippen molar-refractivity contribution in [1.29, 1.82) is 0 Å². The fraction of sp³-hybridized carbons (Fsp3) is 0.875. The van der Waals surface area contributed by atoms with Crippen LogP contribution < -0.4 is 0 Å². The van der Waals surface area contributed by atoms with E-state index in [1.165, 1.54) is 0 Å². The van der Waals surface area contributed by atoms with Crippen molar-refractivity contribution >= 4 is 6.29 Å². The van der Waals surface area contributed by atoms with Gasteiger partial charge in [0.2, 0.25) is 6.29 Å². The minimum Gasteiger partial charge on any atom is -0.292 e. The van der Waals surface area contributed by atoms with Crippen LogP contribution in [-0.4, -0.2) is 29.8 Å². The number of hydrogen-bond acceptors (Lipinski definition) is 2. The normalized spacial score (nSPS) is 12.1. The zero-order chi connectivity index (χ0) is 8.20. The quantitative estimate of drug-likeness (QED) is 0.588. The summed E-state index contributed by atoms with van der Waals surface area (Å²) in [7, 11) is 0. The summed E-state index contributed by atoms with van der Waals surface area (Å²) >= 11 is 0. The van der Waals surface area contributed by atoms with Crippen molar-refractivity contribution in [3.8, 4) is 0 Å². The molecule has 0 amide bonds. The van der Waals surface area contributed by atoms with Gasteiger partial charge in [0, 0.05) is 0 Å².